The normalized spacial score (nSPS) is 22.3. The van der Waals surface area contributed by atoms with Crippen LogP contribution in [-0.4, -0.2) is 37.1 Å². The van der Waals surface area contributed by atoms with Gasteiger partial charge in [-0.25, -0.2) is 0 Å². The number of fused-ring (bicyclic) bond motifs is 4. The Labute approximate surface area is 368 Å². The average molecular weight is 830 g/mol. The van der Waals surface area contributed by atoms with Crippen molar-refractivity contribution in [1.82, 2.24) is 4.57 Å². The Balaban J connectivity index is 1.57. The maximum atomic E-state index is 6.61. The molecule has 5 unspecified atom stereocenters. The molecule has 3 aromatic carbocycles. The molecule has 0 saturated heterocycles. The van der Waals surface area contributed by atoms with Crippen molar-refractivity contribution in [3.63, 3.8) is 0 Å². The highest BCUT2D eigenvalue weighted by Gasteiger charge is 2.60. The van der Waals surface area contributed by atoms with Gasteiger partial charge in [0.1, 0.15) is 19.7 Å². The quantitative estimate of drug-likeness (QED) is 0.106. The molecule has 0 spiro atoms. The SMILES string of the molecule is CCCCCCOc1c(C)cc(C2(c3cc(C)c(OCCCCCC)c(C)c3)C3=CC4C(C)C(C)C([Si](C)(C)N(C(C)(C)C)C(C)(C)C)C4C=C3c3ccccc32)cc1C. The molecular weight excluding hydrogens is 747 g/mol. The van der Waals surface area contributed by atoms with Crippen LogP contribution in [0.5, 0.6) is 11.5 Å². The number of allylic oxidation sites excluding steroid dienone is 4. The van der Waals surface area contributed by atoms with Gasteiger partial charge in [0.05, 0.1) is 18.6 Å². The van der Waals surface area contributed by atoms with Gasteiger partial charge in [-0.15, -0.1) is 0 Å². The molecule has 3 aromatic rings. The fraction of sp³-hybridized carbons (Fsp3) is 0.607. The van der Waals surface area contributed by atoms with Gasteiger partial charge in [-0.05, 0) is 167 Å². The van der Waals surface area contributed by atoms with Crippen molar-refractivity contribution < 1.29 is 9.47 Å². The summed E-state index contributed by atoms with van der Waals surface area (Å²) < 4.78 is 16.2. The minimum Gasteiger partial charge on any atom is -0.493 e. The molecule has 3 aliphatic rings. The Kier molecular flexibility index (Phi) is 13.9. The summed E-state index contributed by atoms with van der Waals surface area (Å²) in [7, 11) is -2.03. The van der Waals surface area contributed by atoms with Crippen LogP contribution < -0.4 is 9.47 Å². The molecule has 328 valence electrons. The summed E-state index contributed by atoms with van der Waals surface area (Å²) in [4.78, 5) is 0. The second-order valence-corrected chi connectivity index (χ2v) is 26.3. The predicted molar refractivity (Wildman–Crippen MR) is 261 cm³/mol. The van der Waals surface area contributed by atoms with Crippen LogP contribution in [0.25, 0.3) is 5.57 Å². The average Bonchev–Trinajstić information content (AvgIpc) is 3.58. The van der Waals surface area contributed by atoms with Gasteiger partial charge in [-0.3, -0.25) is 0 Å². The molecule has 3 aliphatic carbocycles. The van der Waals surface area contributed by atoms with Gasteiger partial charge in [-0.2, -0.15) is 0 Å². The van der Waals surface area contributed by atoms with E-state index in [9.17, 15) is 0 Å². The van der Waals surface area contributed by atoms with Crippen LogP contribution in [0, 0.1) is 51.4 Å². The smallest absolute Gasteiger partial charge is 0.127 e. The molecule has 6 rings (SSSR count). The number of unbranched alkanes of at least 4 members (excludes halogenated alkanes) is 6. The van der Waals surface area contributed by atoms with Gasteiger partial charge in [0.2, 0.25) is 0 Å². The summed E-state index contributed by atoms with van der Waals surface area (Å²) in [6, 6.07) is 19.3. The first-order chi connectivity index (χ1) is 28.2. The van der Waals surface area contributed by atoms with Crippen LogP contribution in [0.15, 0.2) is 66.3 Å². The molecule has 0 aliphatic heterocycles. The second-order valence-electron chi connectivity index (χ2n) is 21.9. The van der Waals surface area contributed by atoms with Crippen molar-refractivity contribution in [1.29, 1.82) is 0 Å². The maximum Gasteiger partial charge on any atom is 0.127 e. The molecule has 0 bridgehead atoms. The molecule has 60 heavy (non-hydrogen) atoms. The van der Waals surface area contributed by atoms with E-state index in [0.29, 0.717) is 29.2 Å². The van der Waals surface area contributed by atoms with E-state index >= 15 is 0 Å². The summed E-state index contributed by atoms with van der Waals surface area (Å²) in [6.45, 7) is 40.4. The highest BCUT2D eigenvalue weighted by atomic mass is 28.3. The third-order valence-electron chi connectivity index (χ3n) is 14.9. The predicted octanol–water partition coefficient (Wildman–Crippen LogP) is 15.5. The molecule has 5 atom stereocenters. The fourth-order valence-corrected chi connectivity index (χ4v) is 20.0. The first kappa shape index (κ1) is 46.4. The lowest BCUT2D eigenvalue weighted by atomic mass is 9.64. The van der Waals surface area contributed by atoms with Crippen LogP contribution in [0.4, 0.5) is 0 Å². The van der Waals surface area contributed by atoms with Crippen LogP contribution >= 0.6 is 0 Å². The van der Waals surface area contributed by atoms with E-state index in [0.717, 1.165) is 37.6 Å². The molecule has 0 amide bonds. The lowest BCUT2D eigenvalue weighted by molar-refractivity contribution is 0.121. The minimum absolute atomic E-state index is 0.0785. The van der Waals surface area contributed by atoms with E-state index in [1.165, 1.54) is 94.2 Å². The molecule has 3 nitrogen and oxygen atoms in total. The first-order valence-corrected chi connectivity index (χ1v) is 27.1. The third kappa shape index (κ3) is 8.39. The zero-order valence-corrected chi connectivity index (χ0v) is 42.0. The van der Waals surface area contributed by atoms with E-state index in [1.54, 1.807) is 0 Å². The Morgan fingerprint density at radius 1 is 0.617 bits per heavy atom. The lowest BCUT2D eigenvalue weighted by Crippen LogP contribution is -2.67. The zero-order chi connectivity index (χ0) is 43.9. The van der Waals surface area contributed by atoms with Crippen LogP contribution in [0.3, 0.4) is 0 Å². The van der Waals surface area contributed by atoms with E-state index in [2.05, 4.69) is 175 Å². The molecular formula is C56H83NO2Si. The van der Waals surface area contributed by atoms with Crippen molar-refractivity contribution >= 4 is 13.8 Å². The molecule has 1 saturated carbocycles. The van der Waals surface area contributed by atoms with Crippen molar-refractivity contribution in [2.45, 2.75) is 183 Å². The minimum atomic E-state index is -2.03. The Hall–Kier alpha value is -3.08. The summed E-state index contributed by atoms with van der Waals surface area (Å²) >= 11 is 0. The lowest BCUT2D eigenvalue weighted by Gasteiger charge is -2.57. The number of hydrogen-bond acceptors (Lipinski definition) is 3. The molecule has 4 heteroatoms. The van der Waals surface area contributed by atoms with Gasteiger partial charge in [0, 0.05) is 11.1 Å². The van der Waals surface area contributed by atoms with Crippen molar-refractivity contribution in [3.05, 3.63) is 111 Å². The van der Waals surface area contributed by atoms with Gasteiger partial charge in [-0.1, -0.05) is 140 Å². The van der Waals surface area contributed by atoms with Crippen molar-refractivity contribution in [3.8, 4) is 11.5 Å². The number of nitrogens with zero attached hydrogens (tertiary/aromatic N) is 1. The topological polar surface area (TPSA) is 21.7 Å². The van der Waals surface area contributed by atoms with Gasteiger partial charge >= 0.3 is 0 Å². The standard InChI is InChI=1S/C56H83NO2Si/c1-17-19-21-25-29-58-51-37(3)31-43(32-38(51)4)56(44-33-39(5)52(40(6)34-44)59-30-26-22-20-18-2)49-28-24-23-27-45(49)47-35-48-46(36-50(47)56)41(7)42(8)53(48)60(15,16)57(54(9,10)11)55(12,13)14/h23-24,27-28,31-36,41-42,46,48,53H,17-22,25-26,29-30H2,1-16H3. The number of ether oxygens (including phenoxy) is 2. The van der Waals surface area contributed by atoms with E-state index < -0.39 is 13.7 Å². The zero-order valence-electron chi connectivity index (χ0n) is 41.0. The summed E-state index contributed by atoms with van der Waals surface area (Å²) in [6.07, 6.45) is 15.3. The highest BCUT2D eigenvalue weighted by molar-refractivity contribution is 6.76. The molecule has 0 N–H and O–H groups in total. The monoisotopic (exact) mass is 830 g/mol. The number of aryl methyl sites for hydroxylation is 4. The van der Waals surface area contributed by atoms with Crippen LogP contribution in [0.1, 0.15) is 165 Å². The summed E-state index contributed by atoms with van der Waals surface area (Å²) in [5, 5.41) is 0. The largest absolute Gasteiger partial charge is 0.493 e. The second kappa shape index (κ2) is 18.0. The number of hydrogen-bond donors (Lipinski definition) is 0. The van der Waals surface area contributed by atoms with E-state index in [4.69, 9.17) is 9.47 Å². The van der Waals surface area contributed by atoms with Gasteiger partial charge in [0.15, 0.2) is 0 Å². The van der Waals surface area contributed by atoms with Gasteiger partial charge < -0.3 is 14.0 Å². The van der Waals surface area contributed by atoms with Gasteiger partial charge in [0.25, 0.3) is 0 Å². The molecule has 0 aromatic heterocycles. The van der Waals surface area contributed by atoms with E-state index in [-0.39, 0.29) is 11.1 Å². The number of benzene rings is 3. The van der Waals surface area contributed by atoms with E-state index in [1.807, 2.05) is 0 Å². The molecule has 0 heterocycles. The first-order valence-electron chi connectivity index (χ1n) is 24.1. The maximum absolute atomic E-state index is 6.61. The van der Waals surface area contributed by atoms with Crippen LogP contribution in [-0.2, 0) is 5.41 Å². The Morgan fingerprint density at radius 2 is 1.08 bits per heavy atom. The van der Waals surface area contributed by atoms with Crippen LogP contribution in [0.2, 0.25) is 18.6 Å². The fourth-order valence-electron chi connectivity index (χ4n) is 13.4. The molecule has 0 radical (unpaired) electrons. The molecule has 1 fully saturated rings. The number of rotatable bonds is 16. The Bertz CT molecular complexity index is 1930. The highest BCUT2D eigenvalue weighted by Crippen LogP contribution is 2.65. The summed E-state index contributed by atoms with van der Waals surface area (Å²) in [5.74, 6) is 4.25. The van der Waals surface area contributed by atoms with Crippen molar-refractivity contribution in [2.75, 3.05) is 13.2 Å². The Morgan fingerprint density at radius 3 is 1.53 bits per heavy atom. The third-order valence-corrected chi connectivity index (χ3v) is 19.9. The summed E-state index contributed by atoms with van der Waals surface area (Å²) in [5.41, 5.74) is 13.6. The van der Waals surface area contributed by atoms with Crippen molar-refractivity contribution in [2.24, 2.45) is 23.7 Å².